The first-order valence-electron chi connectivity index (χ1n) is 8.06. The van der Waals surface area contributed by atoms with E-state index in [1.54, 1.807) is 0 Å². The summed E-state index contributed by atoms with van der Waals surface area (Å²) in [5.74, 6) is -0.367. The number of anilines is 1. The zero-order valence-electron chi connectivity index (χ0n) is 14.6. The van der Waals surface area contributed by atoms with E-state index in [4.69, 9.17) is 5.41 Å². The maximum absolute atomic E-state index is 13.3. The summed E-state index contributed by atoms with van der Waals surface area (Å²) < 4.78 is 41.2. The van der Waals surface area contributed by atoms with E-state index in [1.807, 2.05) is 0 Å². The standard InChI is InChI=1S/C18H15F3N6O/c1-23-14(8-9-22)17(28)25-16-10-24-15-7-6-13(26-27(15)16)11-4-2-3-5-12(11)18(19,20)21/h2-10,22-23H,1H3,(H,25,28)/b14-8-,22-9?. The first kappa shape index (κ1) is 19.1. The Kier molecular flexibility index (Phi) is 5.12. The summed E-state index contributed by atoms with van der Waals surface area (Å²) in [6, 6.07) is 8.07. The van der Waals surface area contributed by atoms with Gasteiger partial charge in [0, 0.05) is 18.8 Å². The number of fused-ring (bicyclic) bond motifs is 1. The third-order valence-corrected chi connectivity index (χ3v) is 3.88. The van der Waals surface area contributed by atoms with Crippen LogP contribution in [-0.2, 0) is 11.0 Å². The van der Waals surface area contributed by atoms with Crippen LogP contribution < -0.4 is 10.6 Å². The monoisotopic (exact) mass is 388 g/mol. The van der Waals surface area contributed by atoms with Gasteiger partial charge in [0.1, 0.15) is 5.70 Å². The number of hydrogen-bond donors (Lipinski definition) is 3. The van der Waals surface area contributed by atoms with E-state index in [0.717, 1.165) is 12.3 Å². The lowest BCUT2D eigenvalue weighted by molar-refractivity contribution is -0.137. The number of halogens is 3. The Bertz CT molecular complexity index is 1070. The van der Waals surface area contributed by atoms with Crippen molar-refractivity contribution in [2.75, 3.05) is 12.4 Å². The van der Waals surface area contributed by atoms with Gasteiger partial charge in [-0.25, -0.2) is 4.98 Å². The predicted molar refractivity (Wildman–Crippen MR) is 98.0 cm³/mol. The lowest BCUT2D eigenvalue weighted by atomic mass is 10.0. The third kappa shape index (κ3) is 3.70. The van der Waals surface area contributed by atoms with Crippen LogP contribution in [0.4, 0.5) is 19.0 Å². The Balaban J connectivity index is 2.04. The number of carbonyl (C=O) groups excluding carboxylic acids is 1. The largest absolute Gasteiger partial charge is 0.417 e. The highest BCUT2D eigenvalue weighted by molar-refractivity contribution is 6.04. The van der Waals surface area contributed by atoms with Gasteiger partial charge < -0.3 is 16.0 Å². The lowest BCUT2D eigenvalue weighted by Crippen LogP contribution is -2.24. The van der Waals surface area contributed by atoms with Crippen molar-refractivity contribution in [3.05, 3.63) is 59.9 Å². The zero-order valence-corrected chi connectivity index (χ0v) is 14.6. The number of nitrogens with one attached hydrogen (secondary N) is 3. The number of imidazole rings is 1. The van der Waals surface area contributed by atoms with Crippen LogP contribution in [0, 0.1) is 5.41 Å². The molecule has 0 aliphatic heterocycles. The van der Waals surface area contributed by atoms with E-state index in [0.29, 0.717) is 5.65 Å². The molecule has 10 heteroatoms. The van der Waals surface area contributed by atoms with Gasteiger partial charge in [-0.1, -0.05) is 18.2 Å². The molecule has 0 unspecified atom stereocenters. The minimum absolute atomic E-state index is 0.0810. The number of benzene rings is 1. The van der Waals surface area contributed by atoms with Crippen molar-refractivity contribution < 1.29 is 18.0 Å². The fourth-order valence-corrected chi connectivity index (χ4v) is 2.60. The van der Waals surface area contributed by atoms with Gasteiger partial charge >= 0.3 is 6.18 Å². The van der Waals surface area contributed by atoms with Gasteiger partial charge in [-0.05, 0) is 24.3 Å². The fourth-order valence-electron chi connectivity index (χ4n) is 2.60. The van der Waals surface area contributed by atoms with Crippen LogP contribution in [0.15, 0.2) is 54.4 Å². The van der Waals surface area contributed by atoms with E-state index in [1.165, 1.54) is 54.2 Å². The van der Waals surface area contributed by atoms with E-state index in [2.05, 4.69) is 20.7 Å². The highest BCUT2D eigenvalue weighted by Gasteiger charge is 2.33. The quantitative estimate of drug-likeness (QED) is 0.462. The molecule has 2 heterocycles. The van der Waals surface area contributed by atoms with Crippen molar-refractivity contribution in [3.8, 4) is 11.3 Å². The van der Waals surface area contributed by atoms with Crippen molar-refractivity contribution in [2.24, 2.45) is 0 Å². The van der Waals surface area contributed by atoms with Crippen molar-refractivity contribution in [3.63, 3.8) is 0 Å². The van der Waals surface area contributed by atoms with Crippen LogP contribution in [0.3, 0.4) is 0 Å². The van der Waals surface area contributed by atoms with Crippen molar-refractivity contribution in [1.82, 2.24) is 19.9 Å². The van der Waals surface area contributed by atoms with Crippen LogP contribution in [0.25, 0.3) is 16.9 Å². The fraction of sp³-hybridized carbons (Fsp3) is 0.111. The molecule has 0 saturated heterocycles. The molecule has 144 valence electrons. The molecule has 0 aliphatic rings. The van der Waals surface area contributed by atoms with Crippen LogP contribution in [-0.4, -0.2) is 33.8 Å². The average molecular weight is 388 g/mol. The first-order valence-corrected chi connectivity index (χ1v) is 8.06. The topological polar surface area (TPSA) is 95.2 Å². The smallest absolute Gasteiger partial charge is 0.384 e. The van der Waals surface area contributed by atoms with Gasteiger partial charge in [0.25, 0.3) is 5.91 Å². The molecule has 0 atom stereocenters. The van der Waals surface area contributed by atoms with Crippen molar-refractivity contribution in [1.29, 1.82) is 5.41 Å². The minimum atomic E-state index is -4.53. The maximum atomic E-state index is 13.3. The Morgan fingerprint density at radius 1 is 1.21 bits per heavy atom. The second-order valence-electron chi connectivity index (χ2n) is 5.63. The van der Waals surface area contributed by atoms with E-state index in [9.17, 15) is 18.0 Å². The number of hydrogen-bond acceptors (Lipinski definition) is 5. The molecule has 3 rings (SSSR count). The Hall–Kier alpha value is -3.69. The summed E-state index contributed by atoms with van der Waals surface area (Å²) in [7, 11) is 1.52. The number of aromatic nitrogens is 3. The van der Waals surface area contributed by atoms with Gasteiger partial charge in [0.05, 0.1) is 17.5 Å². The number of allylic oxidation sites excluding steroid dienone is 1. The molecule has 7 nitrogen and oxygen atoms in total. The van der Waals surface area contributed by atoms with Gasteiger partial charge in [0.2, 0.25) is 0 Å². The highest BCUT2D eigenvalue weighted by atomic mass is 19.4. The molecular weight excluding hydrogens is 373 g/mol. The molecule has 0 bridgehead atoms. The molecule has 28 heavy (non-hydrogen) atoms. The van der Waals surface area contributed by atoms with Crippen molar-refractivity contribution >= 4 is 23.6 Å². The van der Waals surface area contributed by atoms with Crippen LogP contribution >= 0.6 is 0 Å². The predicted octanol–water partition coefficient (Wildman–Crippen LogP) is 3.11. The number of amides is 1. The summed E-state index contributed by atoms with van der Waals surface area (Å²) >= 11 is 0. The van der Waals surface area contributed by atoms with Crippen LogP contribution in [0.2, 0.25) is 0 Å². The number of likely N-dealkylation sites (N-methyl/N-ethyl adjacent to an activating group) is 1. The molecule has 0 saturated carbocycles. The highest BCUT2D eigenvalue weighted by Crippen LogP contribution is 2.36. The summed E-state index contributed by atoms with van der Waals surface area (Å²) in [5.41, 5.74) is -0.326. The van der Waals surface area contributed by atoms with E-state index in [-0.39, 0.29) is 22.8 Å². The summed E-state index contributed by atoms with van der Waals surface area (Å²) in [4.78, 5) is 16.3. The molecule has 3 N–H and O–H groups in total. The lowest BCUT2D eigenvalue weighted by Gasteiger charge is -2.12. The normalized spacial score (nSPS) is 12.1. The molecule has 1 aromatic carbocycles. The molecule has 0 radical (unpaired) electrons. The van der Waals surface area contributed by atoms with Gasteiger partial charge in [-0.15, -0.1) is 0 Å². The van der Waals surface area contributed by atoms with Crippen molar-refractivity contribution in [2.45, 2.75) is 6.18 Å². The molecule has 1 amide bonds. The summed E-state index contributed by atoms with van der Waals surface area (Å²) in [5, 5.41) is 16.5. The Morgan fingerprint density at radius 3 is 2.64 bits per heavy atom. The zero-order chi connectivity index (χ0) is 20.3. The van der Waals surface area contributed by atoms with E-state index >= 15 is 0 Å². The molecule has 2 aromatic heterocycles. The second kappa shape index (κ2) is 7.51. The number of alkyl halides is 3. The number of rotatable bonds is 5. The van der Waals surface area contributed by atoms with Gasteiger partial charge in [-0.3, -0.25) is 4.79 Å². The minimum Gasteiger partial charge on any atom is -0.384 e. The average Bonchev–Trinajstić information content (AvgIpc) is 3.07. The van der Waals surface area contributed by atoms with Gasteiger partial charge in [-0.2, -0.15) is 22.8 Å². The maximum Gasteiger partial charge on any atom is 0.417 e. The number of nitrogens with zero attached hydrogens (tertiary/aromatic N) is 3. The molecule has 0 aliphatic carbocycles. The summed E-state index contributed by atoms with van der Waals surface area (Å²) in [6.45, 7) is 0. The molecule has 0 fully saturated rings. The molecule has 3 aromatic rings. The number of carbonyl (C=O) groups is 1. The SMILES string of the molecule is CN/C(=C\C=N)C(=O)Nc1cnc2ccc(-c3ccccc3C(F)(F)F)nn12. The molecular formula is C18H15F3N6O. The third-order valence-electron chi connectivity index (χ3n) is 3.88. The van der Waals surface area contributed by atoms with Crippen LogP contribution in [0.5, 0.6) is 0 Å². The summed E-state index contributed by atoms with van der Waals surface area (Å²) in [6.07, 6.45) is -0.975. The molecule has 0 spiro atoms. The van der Waals surface area contributed by atoms with E-state index < -0.39 is 17.6 Å². The second-order valence-corrected chi connectivity index (χ2v) is 5.63. The first-order chi connectivity index (χ1) is 13.3. The Morgan fingerprint density at radius 2 is 1.96 bits per heavy atom. The van der Waals surface area contributed by atoms with Crippen LogP contribution in [0.1, 0.15) is 5.56 Å². The Labute approximate surface area is 157 Å². The van der Waals surface area contributed by atoms with Gasteiger partial charge in [0.15, 0.2) is 11.5 Å².